The van der Waals surface area contributed by atoms with E-state index in [9.17, 15) is 134 Å². The van der Waals surface area contributed by atoms with Gasteiger partial charge in [-0.1, -0.05) is 0 Å². The zero-order valence-corrected chi connectivity index (χ0v) is 64.4. The van der Waals surface area contributed by atoms with Crippen LogP contribution in [-0.2, 0) is 133 Å². The highest BCUT2D eigenvalue weighted by atomic mass is 32.2. The lowest BCUT2D eigenvalue weighted by Crippen LogP contribution is -2.64. The van der Waals surface area contributed by atoms with Crippen molar-refractivity contribution < 1.29 is 225 Å². The Bertz CT molecular complexity index is 3100. The molecular weight excluding hydrogens is 1620 g/mol. The number of aliphatic carboxylic acids is 8. The van der Waals surface area contributed by atoms with Gasteiger partial charge in [-0.15, -0.1) is 0 Å². The van der Waals surface area contributed by atoms with Gasteiger partial charge in [-0.25, -0.2) is 14.4 Å². The van der Waals surface area contributed by atoms with Crippen molar-refractivity contribution in [1.82, 2.24) is 20.4 Å². The van der Waals surface area contributed by atoms with Crippen LogP contribution in [0.2, 0.25) is 0 Å². The first-order valence-corrected chi connectivity index (χ1v) is 37.9. The zero-order chi connectivity index (χ0) is 86.9. The Morgan fingerprint density at radius 2 is 0.744 bits per heavy atom. The fraction of sp³-hybridized carbons (Fsp3) is 0.833. The molecule has 51 heteroatoms. The summed E-state index contributed by atoms with van der Waals surface area (Å²) in [7, 11) is 2.30. The van der Waals surface area contributed by atoms with Gasteiger partial charge < -0.3 is 183 Å². The number of unbranched alkanes of at least 4 members (excludes halogenated alkanes) is 2. The highest BCUT2D eigenvalue weighted by Crippen LogP contribution is 2.34. The number of rotatable bonds is 56. The Hall–Kier alpha value is -6.60. The number of aliphatic hydroxyl groups excluding tert-OH is 10. The van der Waals surface area contributed by atoms with Gasteiger partial charge in [0.25, 0.3) is 0 Å². The van der Waals surface area contributed by atoms with E-state index in [1.54, 1.807) is 6.26 Å². The van der Waals surface area contributed by atoms with Gasteiger partial charge in [0.05, 0.1) is 59.1 Å². The summed E-state index contributed by atoms with van der Waals surface area (Å²) in [5, 5.41) is 195. The smallest absolute Gasteiger partial charge is 0.332 e. The molecule has 0 radical (unpaired) electrons. The summed E-state index contributed by atoms with van der Waals surface area (Å²) < 4.78 is 96.3. The van der Waals surface area contributed by atoms with Crippen LogP contribution in [0.15, 0.2) is 0 Å². The molecule has 0 spiro atoms. The van der Waals surface area contributed by atoms with E-state index in [4.69, 9.17) is 90.7 Å². The first-order chi connectivity index (χ1) is 55.4. The van der Waals surface area contributed by atoms with Gasteiger partial charge in [0.15, 0.2) is 31.5 Å². The monoisotopic (exact) mass is 1720 g/mol. The summed E-state index contributed by atoms with van der Waals surface area (Å²) in [6.45, 7) is -12.3. The molecule has 27 unspecified atom stereocenters. The zero-order valence-electron chi connectivity index (χ0n) is 63.5. The van der Waals surface area contributed by atoms with Crippen molar-refractivity contribution in [3.63, 3.8) is 0 Å². The third-order valence-electron chi connectivity index (χ3n) is 18.6. The average molecular weight is 1720 g/mol. The highest BCUT2D eigenvalue weighted by molar-refractivity contribution is 7.98. The number of carboxylic acids is 8. The molecule has 5 saturated heterocycles. The number of carbonyl (C=O) groups excluding carboxylic acids is 3. The first-order valence-electron chi connectivity index (χ1n) is 36.5. The molecule has 50 nitrogen and oxygen atoms in total. The minimum absolute atomic E-state index is 0.0408. The normalized spacial score (nSPS) is 31.8. The number of hydrogen-bond acceptors (Lipinski definition) is 41. The minimum atomic E-state index is -2.23. The van der Waals surface area contributed by atoms with Gasteiger partial charge in [-0.3, -0.25) is 48.2 Å². The molecule has 0 bridgehead atoms. The lowest BCUT2D eigenvalue weighted by Gasteiger charge is -2.46. The maximum Gasteiger partial charge on any atom is 0.332 e. The summed E-state index contributed by atoms with van der Waals surface area (Å²) >= 11 is 1.31. The van der Waals surface area contributed by atoms with E-state index >= 15 is 0 Å². The Kier molecular flexibility index (Phi) is 44.2. The maximum absolute atomic E-state index is 13.4. The Morgan fingerprint density at radius 3 is 1.16 bits per heavy atom. The van der Waals surface area contributed by atoms with E-state index in [1.807, 2.05) is 0 Å². The van der Waals surface area contributed by atoms with E-state index in [-0.39, 0.29) is 58.2 Å². The summed E-state index contributed by atoms with van der Waals surface area (Å²) in [5.74, 6) is -14.1. The molecule has 0 saturated carbocycles. The number of carboxylic acid groups (broad SMARTS) is 8. The fourth-order valence-corrected chi connectivity index (χ4v) is 13.0. The van der Waals surface area contributed by atoms with Gasteiger partial charge in [0, 0.05) is 39.6 Å². The average Bonchev–Trinajstić information content (AvgIpc) is 0.793. The molecular formula is C66H106N4O46S. The van der Waals surface area contributed by atoms with Crippen molar-refractivity contribution in [1.29, 1.82) is 0 Å². The second-order valence-electron chi connectivity index (χ2n) is 27.1. The van der Waals surface area contributed by atoms with Crippen molar-refractivity contribution in [2.24, 2.45) is 0 Å². The maximum atomic E-state index is 13.4. The number of methoxy groups -OCH3 is 2. The number of aliphatic hydroxyl groups is 10. The SMILES string of the molecule is COCC1OC(OCC2OC(OCC3OC(OCC4OC(OCC5OC(OC)C(OCC(=O)O)C(O)C5O)C(O)C(OCC(=O)O)C4O)C(O)C(O)C3OCC(=O)OCCSC)C(O)C(O)C2OCC(=O)NCCCCC(C(=O)O)N(CCC(=O)O)CC(=O)O)C(O)C(OCC(=O)NCCCCC(C(=O)O)N(CC(=O)O)CC(=O)O)C1O. The van der Waals surface area contributed by atoms with Gasteiger partial charge in [0.1, 0.15) is 174 Å². The number of thioether (sulfide) groups is 1. The molecule has 0 aromatic heterocycles. The van der Waals surface area contributed by atoms with Gasteiger partial charge in [0.2, 0.25) is 11.8 Å². The molecule has 5 aliphatic heterocycles. The molecule has 0 aromatic rings. The van der Waals surface area contributed by atoms with Crippen LogP contribution in [-0.4, -0.2) is 471 Å². The van der Waals surface area contributed by atoms with Gasteiger partial charge in [-0.2, -0.15) is 11.8 Å². The lowest BCUT2D eigenvalue weighted by atomic mass is 9.97. The number of esters is 1. The molecule has 0 aliphatic carbocycles. The Morgan fingerprint density at radius 1 is 0.376 bits per heavy atom. The summed E-state index contributed by atoms with van der Waals surface area (Å²) in [6.07, 6.45) is -46.2. The van der Waals surface area contributed by atoms with E-state index < -0.39 is 330 Å². The quantitative estimate of drug-likeness (QED) is 0.0199. The molecule has 672 valence electrons. The molecule has 20 N–H and O–H groups in total. The third kappa shape index (κ3) is 32.4. The molecule has 5 heterocycles. The van der Waals surface area contributed by atoms with Crippen LogP contribution >= 0.6 is 11.8 Å². The fourth-order valence-electron chi connectivity index (χ4n) is 12.8. The molecule has 5 fully saturated rings. The van der Waals surface area contributed by atoms with E-state index in [2.05, 4.69) is 10.6 Å². The second-order valence-corrected chi connectivity index (χ2v) is 28.1. The summed E-state index contributed by atoms with van der Waals surface area (Å²) in [6, 6.07) is -2.97. The number of nitrogens with one attached hydrogen (secondary N) is 2. The Balaban J connectivity index is 1.38. The van der Waals surface area contributed by atoms with Crippen molar-refractivity contribution in [2.75, 3.05) is 138 Å². The van der Waals surface area contributed by atoms with Crippen molar-refractivity contribution in [3.05, 3.63) is 0 Å². The van der Waals surface area contributed by atoms with Gasteiger partial charge >= 0.3 is 53.7 Å². The van der Waals surface area contributed by atoms with Crippen molar-refractivity contribution >= 4 is 77.3 Å². The highest BCUT2D eigenvalue weighted by Gasteiger charge is 2.54. The standard InChI is InChI=1S/C66H106N4O46S/c1-100-19-31-46(87)57(104-25-37(72)68-12-7-5-9-30(61(98)99)70(17-40(77)78)18-41(79)80)53(94)65(112-31)111-23-34-55(103-24-36(71)67-11-6-4-8-29(60(96)97)69(16-39(75)76)13-10-38(73)74)49(90)51(92)63(115-34)110-22-35-56(107-28-44(85)102-14-15-117-3)50(91)52(93)62(116-35)108-21-33-47(88)58(105-26-42(81)82)54(95)64(113-33)109-20-32-45(86)48(89)59(66(101-2)114-32)106-27-43(83)84/h29-35,45-59,62-66,86-95H,4-28H2,1-3H3,(H,67,71)(H,68,72)(H,73,74)(H,75,76)(H,77,78)(H,79,80)(H,81,82)(H,83,84)(H,96,97)(H,98,99). The van der Waals surface area contributed by atoms with Crippen LogP contribution in [0, 0.1) is 0 Å². The largest absolute Gasteiger partial charge is 0.481 e. The number of amides is 2. The second kappa shape index (κ2) is 51.2. The van der Waals surface area contributed by atoms with E-state index in [0.717, 1.165) is 16.9 Å². The predicted octanol–water partition coefficient (Wildman–Crippen LogP) is -10.6. The lowest BCUT2D eigenvalue weighted by molar-refractivity contribution is -0.354. The van der Waals surface area contributed by atoms with E-state index in [0.29, 0.717) is 5.75 Å². The van der Waals surface area contributed by atoms with Crippen LogP contribution in [0.4, 0.5) is 0 Å². The summed E-state index contributed by atoms with van der Waals surface area (Å²) in [5.41, 5.74) is 0. The number of carbonyl (C=O) groups is 11. The van der Waals surface area contributed by atoms with Crippen LogP contribution in [0.5, 0.6) is 0 Å². The number of nitrogens with zero attached hydrogens (tertiary/aromatic N) is 2. The Labute approximate surface area is 669 Å². The number of hydrogen-bond donors (Lipinski definition) is 20. The van der Waals surface area contributed by atoms with Crippen LogP contribution in [0.25, 0.3) is 0 Å². The van der Waals surface area contributed by atoms with Crippen molar-refractivity contribution in [3.8, 4) is 0 Å². The molecule has 0 aromatic carbocycles. The predicted molar refractivity (Wildman–Crippen MR) is 374 cm³/mol. The van der Waals surface area contributed by atoms with Crippen LogP contribution in [0.1, 0.15) is 44.9 Å². The summed E-state index contributed by atoms with van der Waals surface area (Å²) in [4.78, 5) is 134. The molecule has 2 amide bonds. The van der Waals surface area contributed by atoms with Crippen LogP contribution in [0.3, 0.4) is 0 Å². The first kappa shape index (κ1) is 101. The topological polar surface area (TPSA) is 739 Å². The van der Waals surface area contributed by atoms with Crippen molar-refractivity contribution in [2.45, 2.75) is 211 Å². The minimum Gasteiger partial charge on any atom is -0.481 e. The molecule has 5 rings (SSSR count). The van der Waals surface area contributed by atoms with E-state index in [1.165, 1.54) is 18.9 Å². The molecule has 27 atom stereocenters. The van der Waals surface area contributed by atoms with Crippen LogP contribution < -0.4 is 10.6 Å². The third-order valence-corrected chi connectivity index (χ3v) is 19.1. The molecule has 5 aliphatic rings. The van der Waals surface area contributed by atoms with Gasteiger partial charge in [-0.05, 0) is 44.8 Å². The molecule has 117 heavy (non-hydrogen) atoms. The number of ether oxygens (including phenoxy) is 17.